The minimum atomic E-state index is -2.10. The van der Waals surface area contributed by atoms with Crippen molar-refractivity contribution in [2.24, 2.45) is 40.5 Å². The maximum Gasteiger partial charge on any atom is 0.326 e. The van der Waals surface area contributed by atoms with Crippen molar-refractivity contribution in [1.29, 1.82) is 10.8 Å². The van der Waals surface area contributed by atoms with Crippen LogP contribution < -0.4 is 108 Å². The van der Waals surface area contributed by atoms with Crippen molar-refractivity contribution < 1.29 is 107 Å². The second-order valence-corrected chi connectivity index (χ2v) is 31.1. The molecule has 692 valence electrons. The quantitative estimate of drug-likeness (QED) is 0.00979. The Morgan fingerprint density at radius 1 is 0.394 bits per heavy atom. The average Bonchev–Trinajstić information content (AvgIpc) is 1.70. The van der Waals surface area contributed by atoms with Gasteiger partial charge >= 0.3 is 17.9 Å². The van der Waals surface area contributed by atoms with E-state index >= 15 is 0 Å². The summed E-state index contributed by atoms with van der Waals surface area (Å²) < 4.78 is 0. The van der Waals surface area contributed by atoms with Gasteiger partial charge in [-0.2, -0.15) is 0 Å². The Bertz CT molecular complexity index is 4750. The number of hydrogen-bond acceptors (Lipinski definition) is 22. The zero-order valence-corrected chi connectivity index (χ0v) is 70.9. The summed E-state index contributed by atoms with van der Waals surface area (Å²) in [5.74, 6) is -23.0. The summed E-state index contributed by atoms with van der Waals surface area (Å²) >= 11 is 0. The molecule has 46 heteroatoms. The number of primary amides is 2. The number of hydrogen-bond donors (Lipinski definition) is 28. The van der Waals surface area contributed by atoms with Crippen LogP contribution in [-0.4, -0.2) is 253 Å². The molecular weight excluding hydrogens is 1660 g/mol. The highest BCUT2D eigenvalue weighted by atomic mass is 16.4. The molecule has 2 aromatic heterocycles. The molecule has 5 rings (SSSR count). The number of carboxylic acids is 3. The number of aliphatic carboxylic acids is 3. The van der Waals surface area contributed by atoms with E-state index in [0.29, 0.717) is 22.0 Å². The molecule has 0 saturated heterocycles. The largest absolute Gasteiger partial charge is 0.481 e. The second-order valence-electron chi connectivity index (χ2n) is 31.1. The summed E-state index contributed by atoms with van der Waals surface area (Å²) in [5, 5.41) is 93.8. The van der Waals surface area contributed by atoms with Gasteiger partial charge in [0, 0.05) is 73.0 Å². The van der Waals surface area contributed by atoms with Crippen LogP contribution in [0.5, 0.6) is 0 Å². The smallest absolute Gasteiger partial charge is 0.326 e. The minimum absolute atomic E-state index is 0.0293. The van der Waals surface area contributed by atoms with Crippen molar-refractivity contribution in [3.63, 3.8) is 0 Å². The van der Waals surface area contributed by atoms with E-state index in [2.05, 4.69) is 89.7 Å². The monoisotopic (exact) mass is 1780 g/mol. The number of aromatic amines is 2. The van der Waals surface area contributed by atoms with Gasteiger partial charge in [0.15, 0.2) is 11.9 Å². The topological polar surface area (TPSA) is 778 Å². The van der Waals surface area contributed by atoms with Crippen molar-refractivity contribution in [3.8, 4) is 0 Å². The van der Waals surface area contributed by atoms with Crippen LogP contribution in [0.1, 0.15) is 129 Å². The van der Waals surface area contributed by atoms with Crippen LogP contribution in [0.4, 0.5) is 0 Å². The number of benzene rings is 3. The number of aliphatic hydroxyl groups is 1. The lowest BCUT2D eigenvalue weighted by atomic mass is 10.0. The molecule has 0 aliphatic carbocycles. The van der Waals surface area contributed by atoms with Crippen molar-refractivity contribution in [2.45, 2.75) is 216 Å². The molecule has 0 spiro atoms. The van der Waals surface area contributed by atoms with Gasteiger partial charge in [-0.05, 0) is 106 Å². The van der Waals surface area contributed by atoms with Crippen LogP contribution in [0.2, 0.25) is 0 Å². The second kappa shape index (κ2) is 51.0. The molecule has 33 N–H and O–H groups in total. The predicted octanol–water partition coefficient (Wildman–Crippen LogP) is -5.87. The number of aromatic nitrogens is 2. The van der Waals surface area contributed by atoms with Gasteiger partial charge in [0.2, 0.25) is 88.6 Å². The van der Waals surface area contributed by atoms with Crippen LogP contribution in [0.3, 0.4) is 0 Å². The summed E-state index contributed by atoms with van der Waals surface area (Å²) in [4.78, 5) is 251. The summed E-state index contributed by atoms with van der Waals surface area (Å²) in [6, 6.07) is 0.391. The van der Waals surface area contributed by atoms with E-state index in [-0.39, 0.29) is 64.5 Å². The lowest BCUT2D eigenvalue weighted by molar-refractivity contribution is -0.143. The van der Waals surface area contributed by atoms with E-state index < -0.39 is 260 Å². The molecule has 127 heavy (non-hydrogen) atoms. The first-order chi connectivity index (χ1) is 59.9. The number of H-pyrrole nitrogens is 2. The normalized spacial score (nSPS) is 14.4. The summed E-state index contributed by atoms with van der Waals surface area (Å²) in [5.41, 5.74) is 31.0. The minimum Gasteiger partial charge on any atom is -0.481 e. The first kappa shape index (κ1) is 103. The van der Waals surface area contributed by atoms with Gasteiger partial charge in [0.25, 0.3) is 0 Å². The Morgan fingerprint density at radius 2 is 0.819 bits per heavy atom. The number of carbonyl (C=O) groups excluding carboxylic acids is 15. The van der Waals surface area contributed by atoms with E-state index in [9.17, 15) is 107 Å². The highest BCUT2D eigenvalue weighted by molar-refractivity contribution is 6.01. The summed E-state index contributed by atoms with van der Waals surface area (Å²) in [6.07, 6.45) is -4.62. The Morgan fingerprint density at radius 3 is 1.30 bits per heavy atom. The van der Waals surface area contributed by atoms with E-state index in [4.69, 9.17) is 39.5 Å². The molecule has 5 aromatic rings. The summed E-state index contributed by atoms with van der Waals surface area (Å²) in [6.45, 7) is 7.74. The maximum absolute atomic E-state index is 15.0. The third-order valence-corrected chi connectivity index (χ3v) is 19.8. The van der Waals surface area contributed by atoms with E-state index in [1.807, 2.05) is 24.3 Å². The van der Waals surface area contributed by atoms with E-state index in [0.717, 1.165) is 23.4 Å². The number of fused-ring (bicyclic) bond motifs is 2. The fourth-order valence-corrected chi connectivity index (χ4v) is 13.1. The first-order valence-electron chi connectivity index (χ1n) is 40.8. The molecule has 0 fully saturated rings. The van der Waals surface area contributed by atoms with Crippen LogP contribution in [0, 0.1) is 22.7 Å². The molecule has 0 unspecified atom stereocenters. The molecule has 0 aliphatic heterocycles. The van der Waals surface area contributed by atoms with Gasteiger partial charge in [-0.3, -0.25) is 92.3 Å². The summed E-state index contributed by atoms with van der Waals surface area (Å²) in [7, 11) is 0. The van der Waals surface area contributed by atoms with Crippen LogP contribution in [0.25, 0.3) is 21.8 Å². The Kier molecular flexibility index (Phi) is 41.5. The molecule has 46 nitrogen and oxygen atoms in total. The number of nitrogens with two attached hydrogens (primary N) is 5. The number of carboxylic acid groups (broad SMARTS) is 3. The molecule has 14 atom stereocenters. The molecule has 0 saturated carbocycles. The van der Waals surface area contributed by atoms with Crippen LogP contribution in [-0.2, 0) is 106 Å². The number of guanidine groups is 2. The Balaban J connectivity index is 1.37. The zero-order valence-electron chi connectivity index (χ0n) is 70.9. The third-order valence-electron chi connectivity index (χ3n) is 19.8. The van der Waals surface area contributed by atoms with Crippen molar-refractivity contribution in [3.05, 3.63) is 108 Å². The van der Waals surface area contributed by atoms with Gasteiger partial charge in [-0.15, -0.1) is 0 Å². The molecule has 0 aliphatic rings. The van der Waals surface area contributed by atoms with Crippen molar-refractivity contribution in [2.75, 3.05) is 19.6 Å². The molecule has 0 radical (unpaired) electrons. The van der Waals surface area contributed by atoms with Gasteiger partial charge in [0.1, 0.15) is 72.5 Å². The molecule has 0 bridgehead atoms. The fraction of sp³-hybridized carbons (Fsp3) is 0.481. The van der Waals surface area contributed by atoms with Crippen LogP contribution >= 0.6 is 0 Å². The maximum atomic E-state index is 15.0. The number of carbonyl (C=O) groups is 18. The average molecular weight is 1780 g/mol. The molecule has 2 heterocycles. The molecule has 3 aromatic carbocycles. The van der Waals surface area contributed by atoms with Gasteiger partial charge < -0.3 is 139 Å². The SMILES string of the molecule is CC(C)C[C@H](NC(=O)[C@@H](NC(=O)[C@H](CCC(N)=O)NC(=O)[C@H](C)NC(=O)[C@@H](NC(=O)[C@@H](N)Cc1c[nH]c2ccccc12)C(C)C)[C@@H](C)O)C(=O)N[C@@H](CCCNC(=N)N)C(=O)N[C@@H](CCCNC(=N)N)C(=O)N[C@@H](Cc1c[nH]c2ccccc12)C(=O)NCC(=O)N[C@@H](CC(=O)O)C(=O)N[C@@H](CCC(=O)O)C(=O)N[C@@H](Cc1ccccc1)C(=O)N[C@@H](CC(N)=O)C(=O)O. The van der Waals surface area contributed by atoms with E-state index in [1.54, 1.807) is 76.4 Å². The van der Waals surface area contributed by atoms with Crippen LogP contribution in [0.15, 0.2) is 91.3 Å². The standard InChI is InChI=1S/C81H116N24O22/c1-39(2)30-55(102-78(125)66(42(6)106)105-73(120)53(24-26-60(83)107)96-67(114)41(5)94-77(124)65(40(3)4)104-68(115)48(82)32-44-36-91-49-20-12-10-18-46(44)49)74(121)98-51(22-14-28-89-80(85)86)70(117)97-52(23-15-29-90-81(87)88)71(118)101-57(33-45-37-92-50-21-13-11-19-47(45)50)69(116)93-38-62(109)95-58(35-64(112)113)76(123)99-54(25-27-63(110)111)72(119)100-56(31-43-16-8-7-9-17-43)75(122)103-59(79(126)127)34-61(84)108/h7-13,16-21,36-37,39-42,48,51-59,65-66,91-92,106H,14-15,22-35,38,82H2,1-6H3,(H2,83,107)(H2,84,108)(H,93,116)(H,94,124)(H,95,109)(H,96,114)(H,97,117)(H,98,121)(H,99,123)(H,100,119)(H,101,118)(H,102,125)(H,103,122)(H,104,115)(H,105,120)(H,110,111)(H,112,113)(H,126,127)(H4,85,86,89)(H4,87,88,90)/t41-,42+,48-,51-,52-,53-,54-,55-,56-,57-,58-,59-,65-,66-/m0/s1. The molecule has 15 amide bonds. The van der Waals surface area contributed by atoms with E-state index in [1.165, 1.54) is 25.3 Å². The number of amides is 15. The van der Waals surface area contributed by atoms with Crippen molar-refractivity contribution in [1.82, 2.24) is 89.7 Å². The lowest BCUT2D eigenvalue weighted by Crippen LogP contribution is -2.62. The van der Waals surface area contributed by atoms with Gasteiger partial charge in [0.05, 0.1) is 31.5 Å². The first-order valence-corrected chi connectivity index (χ1v) is 40.8. The highest BCUT2D eigenvalue weighted by Gasteiger charge is 2.39. The molecular formula is C81H116N24O22. The Labute approximate surface area is 728 Å². The predicted molar refractivity (Wildman–Crippen MR) is 457 cm³/mol. The number of nitrogens with one attached hydrogen (secondary N) is 19. The fourth-order valence-electron chi connectivity index (χ4n) is 13.1. The van der Waals surface area contributed by atoms with Gasteiger partial charge in [-0.25, -0.2) is 4.79 Å². The van der Waals surface area contributed by atoms with Crippen molar-refractivity contribution >= 4 is 140 Å². The highest BCUT2D eigenvalue weighted by Crippen LogP contribution is 2.22. The van der Waals surface area contributed by atoms with Gasteiger partial charge in [-0.1, -0.05) is 94.4 Å². The number of rotatable bonds is 55. The Hall–Kier alpha value is -14.3. The number of para-hydroxylation sites is 2. The lowest BCUT2D eigenvalue weighted by Gasteiger charge is -2.29. The number of aliphatic hydroxyl groups excluding tert-OH is 1. The zero-order chi connectivity index (χ0) is 94.5. The third kappa shape index (κ3) is 35.4.